The van der Waals surface area contributed by atoms with E-state index in [0.717, 1.165) is 13.3 Å². The lowest BCUT2D eigenvalue weighted by Gasteiger charge is -2.45. The number of nitrogens with zero attached hydrogens (tertiary/aromatic N) is 6. The molecule has 2 bridgehead atoms. The first-order valence-electron chi connectivity index (χ1n) is 12.8. The number of alkyl halides is 3. The summed E-state index contributed by atoms with van der Waals surface area (Å²) >= 11 is 0. The van der Waals surface area contributed by atoms with E-state index < -0.39 is 35.8 Å². The van der Waals surface area contributed by atoms with Crippen LogP contribution in [0.1, 0.15) is 44.2 Å². The van der Waals surface area contributed by atoms with Crippen LogP contribution in [0.5, 0.6) is 5.88 Å². The second-order valence-electron chi connectivity index (χ2n) is 10.2. The number of halogens is 3. The summed E-state index contributed by atoms with van der Waals surface area (Å²) < 4.78 is 55.8. The van der Waals surface area contributed by atoms with Crippen LogP contribution in [-0.4, -0.2) is 88.3 Å². The molecule has 2 aromatic heterocycles. The van der Waals surface area contributed by atoms with Crippen LogP contribution in [0.15, 0.2) is 18.6 Å². The van der Waals surface area contributed by atoms with Crippen LogP contribution in [-0.2, 0) is 9.47 Å². The summed E-state index contributed by atoms with van der Waals surface area (Å²) in [7, 11) is 0. The zero-order chi connectivity index (χ0) is 28.7. The van der Waals surface area contributed by atoms with Gasteiger partial charge in [0.05, 0.1) is 24.5 Å². The van der Waals surface area contributed by atoms with Gasteiger partial charge in [-0.2, -0.15) is 13.2 Å². The van der Waals surface area contributed by atoms with E-state index in [1.165, 1.54) is 23.5 Å². The summed E-state index contributed by atoms with van der Waals surface area (Å²) in [6, 6.07) is -1.52. The van der Waals surface area contributed by atoms with Gasteiger partial charge >= 0.3 is 12.2 Å². The number of carbonyl (C=O) groups is 2. The summed E-state index contributed by atoms with van der Waals surface area (Å²) in [5.74, 6) is -1.78. The molecule has 16 heteroatoms. The molecule has 13 nitrogen and oxygen atoms in total. The standard InChI is InChI=1S/C24H29F3N8O5/c1-13(24(25,26)27)31-21(36)19-28-8-16-20(33-19)35(14-5-4-6-34(16)9-14)22(37)32-17-7-18(30-12-29-17)38-10-15-11-39-23(2,3)40-15/h7-8,12-15H,4-6,9-11H2,1-3H3,(H,31,36)(H,29,30,32,37)/t13-,14+,15-/m1/s1. The van der Waals surface area contributed by atoms with Crippen molar-refractivity contribution in [3.05, 3.63) is 24.4 Å². The quantitative estimate of drug-likeness (QED) is 0.535. The van der Waals surface area contributed by atoms with E-state index in [9.17, 15) is 22.8 Å². The Morgan fingerprint density at radius 3 is 2.80 bits per heavy atom. The number of piperidine rings is 1. The lowest BCUT2D eigenvalue weighted by Crippen LogP contribution is -2.56. The fourth-order valence-corrected chi connectivity index (χ4v) is 4.72. The lowest BCUT2D eigenvalue weighted by atomic mass is 10.0. The van der Waals surface area contributed by atoms with Crippen molar-refractivity contribution in [1.29, 1.82) is 0 Å². The van der Waals surface area contributed by atoms with Crippen molar-refractivity contribution in [3.63, 3.8) is 0 Å². The molecule has 0 spiro atoms. The second kappa shape index (κ2) is 10.6. The zero-order valence-corrected chi connectivity index (χ0v) is 22.1. The van der Waals surface area contributed by atoms with Crippen LogP contribution in [0.2, 0.25) is 0 Å². The molecular formula is C24H29F3N8O5. The molecule has 2 aromatic rings. The van der Waals surface area contributed by atoms with E-state index in [0.29, 0.717) is 31.8 Å². The normalized spacial score (nSPS) is 22.4. The molecular weight excluding hydrogens is 537 g/mol. The predicted molar refractivity (Wildman–Crippen MR) is 134 cm³/mol. The summed E-state index contributed by atoms with van der Waals surface area (Å²) in [6.07, 6.45) is -0.865. The first kappa shape index (κ1) is 27.8. The highest BCUT2D eigenvalue weighted by atomic mass is 19.4. The minimum absolute atomic E-state index is 0.125. The zero-order valence-electron chi connectivity index (χ0n) is 22.1. The number of amides is 3. The van der Waals surface area contributed by atoms with Crippen molar-refractivity contribution in [1.82, 2.24) is 25.3 Å². The molecule has 3 aliphatic rings. The Bertz CT molecular complexity index is 1280. The molecule has 0 aromatic carbocycles. The topological polar surface area (TPSA) is 144 Å². The maximum absolute atomic E-state index is 13.5. The molecule has 5 heterocycles. The van der Waals surface area contributed by atoms with E-state index in [2.05, 4.69) is 25.3 Å². The molecule has 2 saturated heterocycles. The minimum atomic E-state index is -4.63. The Morgan fingerprint density at radius 1 is 1.27 bits per heavy atom. The van der Waals surface area contributed by atoms with Gasteiger partial charge in [-0.25, -0.2) is 24.7 Å². The summed E-state index contributed by atoms with van der Waals surface area (Å²) in [5, 5.41) is 4.56. The smallest absolute Gasteiger partial charge is 0.408 e. The van der Waals surface area contributed by atoms with Crippen molar-refractivity contribution in [2.45, 2.75) is 63.8 Å². The van der Waals surface area contributed by atoms with E-state index in [-0.39, 0.29) is 36.3 Å². The summed E-state index contributed by atoms with van der Waals surface area (Å²) in [6.45, 7) is 6.18. The number of anilines is 3. The third-order valence-corrected chi connectivity index (χ3v) is 6.70. The molecule has 5 rings (SSSR count). The molecule has 3 amide bonds. The van der Waals surface area contributed by atoms with Gasteiger partial charge in [0.2, 0.25) is 11.7 Å². The largest absolute Gasteiger partial charge is 0.475 e. The maximum Gasteiger partial charge on any atom is 0.408 e. The Kier molecular flexibility index (Phi) is 7.39. The van der Waals surface area contributed by atoms with Crippen molar-refractivity contribution >= 4 is 29.3 Å². The number of hydrogen-bond acceptors (Lipinski definition) is 10. The van der Waals surface area contributed by atoms with Gasteiger partial charge in [-0.15, -0.1) is 0 Å². The minimum Gasteiger partial charge on any atom is -0.475 e. The molecule has 3 aliphatic heterocycles. The van der Waals surface area contributed by atoms with E-state index in [1.54, 1.807) is 13.8 Å². The van der Waals surface area contributed by atoms with Crippen molar-refractivity contribution < 1.29 is 37.0 Å². The second-order valence-corrected chi connectivity index (χ2v) is 10.2. The summed E-state index contributed by atoms with van der Waals surface area (Å²) in [5.41, 5.74) is 0.500. The highest BCUT2D eigenvalue weighted by molar-refractivity contribution is 6.04. The van der Waals surface area contributed by atoms with Crippen molar-refractivity contribution in [3.8, 4) is 5.88 Å². The van der Waals surface area contributed by atoms with Gasteiger partial charge in [0, 0.05) is 19.2 Å². The number of carbonyl (C=O) groups excluding carboxylic acids is 2. The molecule has 0 unspecified atom stereocenters. The molecule has 3 atom stereocenters. The summed E-state index contributed by atoms with van der Waals surface area (Å²) in [4.78, 5) is 45.8. The third-order valence-electron chi connectivity index (χ3n) is 6.70. The Labute approximate surface area is 227 Å². The molecule has 216 valence electrons. The van der Waals surface area contributed by atoms with Gasteiger partial charge in [-0.05, 0) is 33.6 Å². The molecule has 0 saturated carbocycles. The fraction of sp³-hybridized carbons (Fsp3) is 0.583. The number of rotatable bonds is 6. The van der Waals surface area contributed by atoms with Crippen LogP contribution in [0.4, 0.5) is 35.3 Å². The van der Waals surface area contributed by atoms with Gasteiger partial charge in [0.1, 0.15) is 30.9 Å². The number of nitrogens with one attached hydrogen (secondary N) is 2. The first-order chi connectivity index (χ1) is 18.9. The molecule has 2 fully saturated rings. The van der Waals surface area contributed by atoms with E-state index in [1.807, 2.05) is 10.2 Å². The van der Waals surface area contributed by atoms with Crippen LogP contribution in [0.25, 0.3) is 0 Å². The van der Waals surface area contributed by atoms with Crippen molar-refractivity contribution in [2.75, 3.05) is 41.4 Å². The fourth-order valence-electron chi connectivity index (χ4n) is 4.72. The van der Waals surface area contributed by atoms with Crippen molar-refractivity contribution in [2.24, 2.45) is 0 Å². The highest BCUT2D eigenvalue weighted by Gasteiger charge is 2.41. The highest BCUT2D eigenvalue weighted by Crippen LogP contribution is 2.37. The first-order valence-corrected chi connectivity index (χ1v) is 12.8. The van der Waals surface area contributed by atoms with Gasteiger partial charge in [0.15, 0.2) is 11.6 Å². The third kappa shape index (κ3) is 6.01. The Morgan fingerprint density at radius 2 is 2.08 bits per heavy atom. The number of fused-ring (bicyclic) bond motifs is 4. The SMILES string of the molecule is C[C@@H](NC(=O)c1ncc2c(n1)N(C(=O)Nc1cc(OC[C@@H]3COC(C)(C)O3)ncn1)[C@H]1CCCN2C1)C(F)(F)F. The number of ether oxygens (including phenoxy) is 3. The van der Waals surface area contributed by atoms with Gasteiger partial charge in [-0.3, -0.25) is 15.0 Å². The number of urea groups is 1. The number of hydrogen-bond donors (Lipinski definition) is 2. The average molecular weight is 567 g/mol. The van der Waals surface area contributed by atoms with Crippen LogP contribution >= 0.6 is 0 Å². The van der Waals surface area contributed by atoms with Crippen LogP contribution < -0.4 is 25.2 Å². The number of aromatic nitrogens is 4. The Balaban J connectivity index is 1.33. The molecule has 2 N–H and O–H groups in total. The Hall–Kier alpha value is -3.79. The van der Waals surface area contributed by atoms with Gasteiger partial charge in [-0.1, -0.05) is 0 Å². The van der Waals surface area contributed by atoms with Gasteiger partial charge < -0.3 is 24.4 Å². The predicted octanol–water partition coefficient (Wildman–Crippen LogP) is 2.50. The van der Waals surface area contributed by atoms with Crippen LogP contribution in [0, 0.1) is 0 Å². The molecule has 0 aliphatic carbocycles. The monoisotopic (exact) mass is 566 g/mol. The van der Waals surface area contributed by atoms with E-state index >= 15 is 0 Å². The maximum atomic E-state index is 13.5. The average Bonchev–Trinajstić information content (AvgIpc) is 3.25. The van der Waals surface area contributed by atoms with Gasteiger partial charge in [0.25, 0.3) is 5.91 Å². The molecule has 0 radical (unpaired) electrons. The van der Waals surface area contributed by atoms with E-state index in [4.69, 9.17) is 14.2 Å². The molecule has 40 heavy (non-hydrogen) atoms. The van der Waals surface area contributed by atoms with Crippen LogP contribution in [0.3, 0.4) is 0 Å². The lowest BCUT2D eigenvalue weighted by molar-refractivity contribution is -0.149.